The highest BCUT2D eigenvalue weighted by atomic mass is 32.2. The van der Waals surface area contributed by atoms with Crippen molar-refractivity contribution in [2.75, 3.05) is 5.75 Å². The van der Waals surface area contributed by atoms with Crippen molar-refractivity contribution in [3.8, 4) is 0 Å². The molecule has 17 heavy (non-hydrogen) atoms. The number of amides is 1. The summed E-state index contributed by atoms with van der Waals surface area (Å²) in [4.78, 5) is 11.5. The Morgan fingerprint density at radius 2 is 2.24 bits per heavy atom. The average Bonchev–Trinajstić information content (AvgIpc) is 2.29. The van der Waals surface area contributed by atoms with Crippen LogP contribution in [0.3, 0.4) is 0 Å². The van der Waals surface area contributed by atoms with Crippen LogP contribution in [0.1, 0.15) is 31.4 Å². The van der Waals surface area contributed by atoms with Gasteiger partial charge < -0.3 is 5.32 Å². The molecule has 0 aliphatic heterocycles. The van der Waals surface area contributed by atoms with Crippen molar-refractivity contribution in [1.29, 1.82) is 0 Å². The van der Waals surface area contributed by atoms with E-state index >= 15 is 0 Å². The van der Waals surface area contributed by atoms with Crippen molar-refractivity contribution >= 4 is 17.7 Å². The lowest BCUT2D eigenvalue weighted by Gasteiger charge is -2.10. The number of hydrogen-bond donors (Lipinski definition) is 1. The fourth-order valence-electron chi connectivity index (χ4n) is 1.48. The monoisotopic (exact) mass is 251 g/mol. The summed E-state index contributed by atoms with van der Waals surface area (Å²) in [5.74, 6) is 1.57. The van der Waals surface area contributed by atoms with Crippen molar-refractivity contribution in [2.24, 2.45) is 0 Å². The lowest BCUT2D eigenvalue weighted by molar-refractivity contribution is -0.119. The fraction of sp³-hybridized carbons (Fsp3) is 0.500. The van der Waals surface area contributed by atoms with E-state index in [0.717, 1.165) is 12.2 Å². The standard InChI is InChI=1S/C14H21NOS/c1-4-12(3)15-14(16)10-17-9-13-7-5-6-11(2)8-13/h5-8,12H,4,9-10H2,1-3H3,(H,15,16)/t12-/m0/s1. The van der Waals surface area contributed by atoms with Gasteiger partial charge in [-0.15, -0.1) is 11.8 Å². The van der Waals surface area contributed by atoms with Gasteiger partial charge in [0.05, 0.1) is 5.75 Å². The van der Waals surface area contributed by atoms with E-state index in [4.69, 9.17) is 0 Å². The molecule has 0 radical (unpaired) electrons. The number of carbonyl (C=O) groups is 1. The molecule has 0 saturated carbocycles. The van der Waals surface area contributed by atoms with Crippen LogP contribution in [0.4, 0.5) is 0 Å². The summed E-state index contributed by atoms with van der Waals surface area (Å²) >= 11 is 1.66. The van der Waals surface area contributed by atoms with E-state index in [2.05, 4.69) is 43.4 Å². The van der Waals surface area contributed by atoms with E-state index in [0.29, 0.717) is 5.75 Å². The molecule has 0 aromatic heterocycles. The molecular weight excluding hydrogens is 230 g/mol. The van der Waals surface area contributed by atoms with E-state index < -0.39 is 0 Å². The first-order chi connectivity index (χ1) is 8.11. The van der Waals surface area contributed by atoms with Gasteiger partial charge in [0, 0.05) is 11.8 Å². The highest BCUT2D eigenvalue weighted by Crippen LogP contribution is 2.13. The third-order valence-electron chi connectivity index (χ3n) is 2.60. The molecule has 0 fully saturated rings. The normalized spacial score (nSPS) is 12.2. The van der Waals surface area contributed by atoms with Crippen LogP contribution in [-0.4, -0.2) is 17.7 Å². The molecule has 0 bridgehead atoms. The Kier molecular flexibility index (Phi) is 6.12. The minimum atomic E-state index is 0.136. The van der Waals surface area contributed by atoms with E-state index in [1.54, 1.807) is 11.8 Å². The van der Waals surface area contributed by atoms with E-state index in [-0.39, 0.29) is 11.9 Å². The van der Waals surface area contributed by atoms with Crippen LogP contribution >= 0.6 is 11.8 Å². The lowest BCUT2D eigenvalue weighted by atomic mass is 10.2. The minimum absolute atomic E-state index is 0.136. The van der Waals surface area contributed by atoms with Gasteiger partial charge in [0.15, 0.2) is 0 Å². The van der Waals surface area contributed by atoms with Crippen molar-refractivity contribution in [2.45, 2.75) is 39.0 Å². The van der Waals surface area contributed by atoms with Gasteiger partial charge in [-0.05, 0) is 25.8 Å². The van der Waals surface area contributed by atoms with Crippen LogP contribution in [0, 0.1) is 6.92 Å². The molecule has 0 unspecified atom stereocenters. The van der Waals surface area contributed by atoms with Gasteiger partial charge in [-0.2, -0.15) is 0 Å². The highest BCUT2D eigenvalue weighted by Gasteiger charge is 2.05. The summed E-state index contributed by atoms with van der Waals surface area (Å²) in [6.07, 6.45) is 0.980. The number of hydrogen-bond acceptors (Lipinski definition) is 2. The predicted octanol–water partition coefficient (Wildman–Crippen LogP) is 3.14. The predicted molar refractivity (Wildman–Crippen MR) is 75.2 cm³/mol. The van der Waals surface area contributed by atoms with E-state index in [9.17, 15) is 4.79 Å². The maximum absolute atomic E-state index is 11.5. The Balaban J connectivity index is 2.26. The SMILES string of the molecule is CC[C@H](C)NC(=O)CSCc1cccc(C)c1. The van der Waals surface area contributed by atoms with Gasteiger partial charge in [-0.1, -0.05) is 36.8 Å². The lowest BCUT2D eigenvalue weighted by Crippen LogP contribution is -2.33. The van der Waals surface area contributed by atoms with Gasteiger partial charge >= 0.3 is 0 Å². The topological polar surface area (TPSA) is 29.1 Å². The molecule has 94 valence electrons. The molecule has 0 aliphatic rings. The number of rotatable bonds is 6. The number of carbonyl (C=O) groups excluding carboxylic acids is 1. The van der Waals surface area contributed by atoms with E-state index in [1.807, 2.05) is 6.92 Å². The van der Waals surface area contributed by atoms with Gasteiger partial charge in [0.25, 0.3) is 0 Å². The van der Waals surface area contributed by atoms with Crippen LogP contribution in [0.2, 0.25) is 0 Å². The first kappa shape index (κ1) is 14.1. The molecule has 1 aromatic carbocycles. The number of benzene rings is 1. The Morgan fingerprint density at radius 3 is 2.88 bits per heavy atom. The Bertz CT molecular complexity index is 365. The van der Waals surface area contributed by atoms with Crippen LogP contribution < -0.4 is 5.32 Å². The maximum atomic E-state index is 11.5. The molecule has 2 nitrogen and oxygen atoms in total. The number of thioether (sulfide) groups is 1. The van der Waals surface area contributed by atoms with Crippen LogP contribution in [0.25, 0.3) is 0 Å². The second-order valence-electron chi connectivity index (χ2n) is 4.36. The van der Waals surface area contributed by atoms with Crippen LogP contribution in [0.5, 0.6) is 0 Å². The van der Waals surface area contributed by atoms with Gasteiger partial charge in [-0.25, -0.2) is 0 Å². The van der Waals surface area contributed by atoms with Gasteiger partial charge in [0.2, 0.25) is 5.91 Å². The molecule has 1 amide bonds. The van der Waals surface area contributed by atoms with Crippen molar-refractivity contribution in [3.63, 3.8) is 0 Å². The molecule has 1 N–H and O–H groups in total. The summed E-state index contributed by atoms with van der Waals surface area (Å²) in [6.45, 7) is 6.19. The zero-order valence-corrected chi connectivity index (χ0v) is 11.6. The summed E-state index contributed by atoms with van der Waals surface area (Å²) in [7, 11) is 0. The van der Waals surface area contributed by atoms with Gasteiger partial charge in [-0.3, -0.25) is 4.79 Å². The molecule has 0 aliphatic carbocycles. The average molecular weight is 251 g/mol. The van der Waals surface area contributed by atoms with Crippen LogP contribution in [-0.2, 0) is 10.5 Å². The summed E-state index contributed by atoms with van der Waals surface area (Å²) in [5, 5.41) is 2.97. The number of aryl methyl sites for hydroxylation is 1. The molecule has 0 saturated heterocycles. The van der Waals surface area contributed by atoms with Gasteiger partial charge in [0.1, 0.15) is 0 Å². The summed E-state index contributed by atoms with van der Waals surface area (Å²) in [5.41, 5.74) is 2.55. The Hall–Kier alpha value is -0.960. The fourth-order valence-corrected chi connectivity index (χ4v) is 2.27. The molecular formula is C14H21NOS. The minimum Gasteiger partial charge on any atom is -0.353 e. The second kappa shape index (κ2) is 7.38. The van der Waals surface area contributed by atoms with Crippen molar-refractivity contribution < 1.29 is 4.79 Å². The summed E-state index contributed by atoms with van der Waals surface area (Å²) < 4.78 is 0. The first-order valence-electron chi connectivity index (χ1n) is 6.04. The number of nitrogens with one attached hydrogen (secondary N) is 1. The zero-order chi connectivity index (χ0) is 12.7. The summed E-state index contributed by atoms with van der Waals surface area (Å²) in [6, 6.07) is 8.70. The molecule has 0 spiro atoms. The van der Waals surface area contributed by atoms with Crippen LogP contribution in [0.15, 0.2) is 24.3 Å². The molecule has 0 heterocycles. The quantitative estimate of drug-likeness (QED) is 0.841. The van der Waals surface area contributed by atoms with E-state index in [1.165, 1.54) is 11.1 Å². The molecule has 1 rings (SSSR count). The van der Waals surface area contributed by atoms with Crippen molar-refractivity contribution in [1.82, 2.24) is 5.32 Å². The highest BCUT2D eigenvalue weighted by molar-refractivity contribution is 7.99. The Morgan fingerprint density at radius 1 is 1.47 bits per heavy atom. The first-order valence-corrected chi connectivity index (χ1v) is 7.20. The third-order valence-corrected chi connectivity index (χ3v) is 3.61. The molecule has 1 atom stereocenters. The maximum Gasteiger partial charge on any atom is 0.230 e. The molecule has 1 aromatic rings. The third kappa shape index (κ3) is 5.78. The zero-order valence-electron chi connectivity index (χ0n) is 10.8. The Labute approximate surface area is 108 Å². The molecule has 3 heteroatoms. The second-order valence-corrected chi connectivity index (χ2v) is 5.34. The van der Waals surface area contributed by atoms with Crippen molar-refractivity contribution in [3.05, 3.63) is 35.4 Å². The smallest absolute Gasteiger partial charge is 0.230 e. The largest absolute Gasteiger partial charge is 0.353 e.